The Morgan fingerprint density at radius 3 is 2.21 bits per heavy atom. The molecule has 132 valence electrons. The second-order valence-electron chi connectivity index (χ2n) is 6.55. The van der Waals surface area contributed by atoms with Gasteiger partial charge in [0, 0.05) is 12.0 Å². The van der Waals surface area contributed by atoms with E-state index in [4.69, 9.17) is 4.74 Å². The molecular weight excluding hydrogens is 310 g/mol. The molecule has 0 aliphatic rings. The summed E-state index contributed by atoms with van der Waals surface area (Å²) in [5, 5.41) is 2.45. The molecule has 0 aliphatic carbocycles. The Balaban J connectivity index is 2.66. The molecule has 0 bridgehead atoms. The zero-order chi connectivity index (χ0) is 18.3. The van der Waals surface area contributed by atoms with E-state index < -0.39 is 23.7 Å². The fourth-order valence-corrected chi connectivity index (χ4v) is 2.00. The van der Waals surface area contributed by atoms with Crippen LogP contribution in [0.15, 0.2) is 24.3 Å². The quantitative estimate of drug-likeness (QED) is 0.638. The van der Waals surface area contributed by atoms with Crippen molar-refractivity contribution in [3.63, 3.8) is 0 Å². The highest BCUT2D eigenvalue weighted by molar-refractivity contribution is 5.96. The number of rotatable bonds is 6. The summed E-state index contributed by atoms with van der Waals surface area (Å²) >= 11 is 0. The first-order chi connectivity index (χ1) is 11.1. The first-order valence-electron chi connectivity index (χ1n) is 7.79. The fourth-order valence-electron chi connectivity index (χ4n) is 2.00. The van der Waals surface area contributed by atoms with E-state index in [0.717, 1.165) is 5.56 Å². The van der Waals surface area contributed by atoms with Crippen LogP contribution in [0.1, 0.15) is 49.5 Å². The average molecular weight is 335 g/mol. The number of aryl methyl sites for hydroxylation is 1. The zero-order valence-corrected chi connectivity index (χ0v) is 14.8. The Morgan fingerprint density at radius 1 is 1.12 bits per heavy atom. The van der Waals surface area contributed by atoms with E-state index in [1.807, 2.05) is 19.1 Å². The van der Waals surface area contributed by atoms with Gasteiger partial charge in [-0.15, -0.1) is 0 Å². The number of esters is 1. The van der Waals surface area contributed by atoms with Gasteiger partial charge in [-0.1, -0.05) is 29.8 Å². The van der Waals surface area contributed by atoms with Crippen molar-refractivity contribution in [2.75, 3.05) is 7.11 Å². The van der Waals surface area contributed by atoms with Crippen LogP contribution in [0.2, 0.25) is 0 Å². The highest BCUT2D eigenvalue weighted by atomic mass is 16.6. The predicted octanol–water partition coefficient (Wildman–Crippen LogP) is 3.02. The third-order valence-corrected chi connectivity index (χ3v) is 3.21. The van der Waals surface area contributed by atoms with Crippen molar-refractivity contribution in [1.82, 2.24) is 5.32 Å². The van der Waals surface area contributed by atoms with Crippen molar-refractivity contribution >= 4 is 17.8 Å². The van der Waals surface area contributed by atoms with Gasteiger partial charge in [0.25, 0.3) is 0 Å². The third-order valence-electron chi connectivity index (χ3n) is 3.21. The second kappa shape index (κ2) is 8.47. The molecule has 24 heavy (non-hydrogen) atoms. The van der Waals surface area contributed by atoms with Crippen molar-refractivity contribution in [2.24, 2.45) is 0 Å². The summed E-state index contributed by atoms with van der Waals surface area (Å²) in [6, 6.07) is 6.26. The van der Waals surface area contributed by atoms with Gasteiger partial charge in [0.05, 0.1) is 7.11 Å². The molecule has 1 amide bonds. The van der Waals surface area contributed by atoms with Crippen molar-refractivity contribution in [1.29, 1.82) is 0 Å². The van der Waals surface area contributed by atoms with Crippen LogP contribution in [-0.2, 0) is 14.3 Å². The fraction of sp³-hybridized carbons (Fsp3) is 0.500. The summed E-state index contributed by atoms with van der Waals surface area (Å²) in [5.41, 5.74) is 0.953. The number of carbonyl (C=O) groups excluding carboxylic acids is 3. The lowest BCUT2D eigenvalue weighted by molar-refractivity contribution is -0.143. The molecule has 0 radical (unpaired) electrons. The monoisotopic (exact) mass is 335 g/mol. The van der Waals surface area contributed by atoms with Crippen LogP contribution in [-0.4, -0.2) is 36.6 Å². The van der Waals surface area contributed by atoms with E-state index in [-0.39, 0.29) is 18.6 Å². The molecule has 6 heteroatoms. The number of hydrogen-bond donors (Lipinski definition) is 1. The van der Waals surface area contributed by atoms with Gasteiger partial charge in [-0.05, 0) is 34.1 Å². The van der Waals surface area contributed by atoms with Crippen LogP contribution >= 0.6 is 0 Å². The van der Waals surface area contributed by atoms with Gasteiger partial charge in [-0.2, -0.15) is 0 Å². The molecule has 0 heterocycles. The lowest BCUT2D eigenvalue weighted by atomic mass is 10.0. The van der Waals surface area contributed by atoms with Crippen LogP contribution < -0.4 is 5.32 Å². The normalized spacial score (nSPS) is 12.2. The molecule has 1 atom stereocenters. The topological polar surface area (TPSA) is 81.7 Å². The highest BCUT2D eigenvalue weighted by Crippen LogP contribution is 2.11. The van der Waals surface area contributed by atoms with Crippen molar-refractivity contribution in [3.8, 4) is 0 Å². The molecule has 1 aromatic rings. The Hall–Kier alpha value is -2.37. The lowest BCUT2D eigenvalue weighted by Gasteiger charge is -2.22. The van der Waals surface area contributed by atoms with Gasteiger partial charge in [0.2, 0.25) is 0 Å². The SMILES string of the molecule is COC(=O)[C@H](CCC(=O)c1ccc(C)cc1)NC(=O)OC(C)(C)C. The second-order valence-corrected chi connectivity index (χ2v) is 6.55. The molecule has 1 rings (SSSR count). The molecule has 0 unspecified atom stereocenters. The summed E-state index contributed by atoms with van der Waals surface area (Å²) in [5.74, 6) is -0.715. The van der Waals surface area contributed by atoms with E-state index in [2.05, 4.69) is 10.1 Å². The number of hydrogen-bond acceptors (Lipinski definition) is 5. The molecule has 0 aromatic heterocycles. The molecule has 0 spiro atoms. The molecule has 1 N–H and O–H groups in total. The summed E-state index contributed by atoms with van der Waals surface area (Å²) in [4.78, 5) is 35.8. The van der Waals surface area contributed by atoms with Crippen molar-refractivity contribution in [3.05, 3.63) is 35.4 Å². The van der Waals surface area contributed by atoms with Gasteiger partial charge < -0.3 is 14.8 Å². The zero-order valence-electron chi connectivity index (χ0n) is 14.8. The Bertz CT molecular complexity index is 586. The Kier molecular flexibility index (Phi) is 6.95. The molecule has 0 saturated heterocycles. The minimum atomic E-state index is -0.931. The van der Waals surface area contributed by atoms with Gasteiger partial charge >= 0.3 is 12.1 Å². The molecule has 0 aliphatic heterocycles. The summed E-state index contributed by atoms with van der Waals surface area (Å²) < 4.78 is 9.80. The van der Waals surface area contributed by atoms with Crippen molar-refractivity contribution < 1.29 is 23.9 Å². The minimum absolute atomic E-state index is 0.102. The molecule has 0 fully saturated rings. The minimum Gasteiger partial charge on any atom is -0.467 e. The van der Waals surface area contributed by atoms with Crippen LogP contribution in [0.25, 0.3) is 0 Å². The smallest absolute Gasteiger partial charge is 0.408 e. The lowest BCUT2D eigenvalue weighted by Crippen LogP contribution is -2.44. The van der Waals surface area contributed by atoms with Crippen molar-refractivity contribution in [2.45, 2.75) is 52.2 Å². The number of ether oxygens (including phenoxy) is 2. The van der Waals surface area contributed by atoms with E-state index in [0.29, 0.717) is 5.56 Å². The third kappa shape index (κ3) is 6.81. The standard InChI is InChI=1S/C18H25NO5/c1-12-6-8-13(9-7-12)15(20)11-10-14(16(21)23-5)19-17(22)24-18(2,3)4/h6-9,14H,10-11H2,1-5H3,(H,19,22)/t14-/m0/s1. The maximum absolute atomic E-state index is 12.2. The Morgan fingerprint density at radius 2 is 1.71 bits per heavy atom. The summed E-state index contributed by atoms with van der Waals surface area (Å²) in [6.45, 7) is 7.11. The molecule has 0 saturated carbocycles. The van der Waals surface area contributed by atoms with Gasteiger partial charge in [0.15, 0.2) is 5.78 Å². The first-order valence-corrected chi connectivity index (χ1v) is 7.79. The molecular formula is C18H25NO5. The van der Waals surface area contributed by atoms with Gasteiger partial charge in [0.1, 0.15) is 11.6 Å². The maximum atomic E-state index is 12.2. The number of ketones is 1. The van der Waals surface area contributed by atoms with Gasteiger partial charge in [-0.25, -0.2) is 9.59 Å². The predicted molar refractivity (Wildman–Crippen MR) is 89.9 cm³/mol. The van der Waals surface area contributed by atoms with Crippen LogP contribution in [0.4, 0.5) is 4.79 Å². The number of alkyl carbamates (subject to hydrolysis) is 1. The number of methoxy groups -OCH3 is 1. The molecule has 6 nitrogen and oxygen atoms in total. The van der Waals surface area contributed by atoms with E-state index in [1.165, 1.54) is 7.11 Å². The summed E-state index contributed by atoms with van der Waals surface area (Å²) in [7, 11) is 1.23. The number of carbonyl (C=O) groups is 3. The van der Waals surface area contributed by atoms with E-state index in [1.54, 1.807) is 32.9 Å². The average Bonchev–Trinajstić information content (AvgIpc) is 2.49. The van der Waals surface area contributed by atoms with Gasteiger partial charge in [-0.3, -0.25) is 4.79 Å². The van der Waals surface area contributed by atoms with Crippen LogP contribution in [0.5, 0.6) is 0 Å². The summed E-state index contributed by atoms with van der Waals surface area (Å²) in [6.07, 6.45) is -0.474. The van der Waals surface area contributed by atoms with E-state index >= 15 is 0 Å². The molecule has 1 aromatic carbocycles. The number of amides is 1. The number of Topliss-reactive ketones (excluding diaryl/α,β-unsaturated/α-hetero) is 1. The highest BCUT2D eigenvalue weighted by Gasteiger charge is 2.25. The maximum Gasteiger partial charge on any atom is 0.408 e. The first kappa shape index (κ1) is 19.7. The van der Waals surface area contributed by atoms with Crippen LogP contribution in [0, 0.1) is 6.92 Å². The Labute approximate surface area is 142 Å². The number of nitrogens with one attached hydrogen (secondary N) is 1. The number of benzene rings is 1. The largest absolute Gasteiger partial charge is 0.467 e. The van der Waals surface area contributed by atoms with E-state index in [9.17, 15) is 14.4 Å². The van der Waals surface area contributed by atoms with Crippen LogP contribution in [0.3, 0.4) is 0 Å².